The SMILES string of the molecule is COC(=O)c1cccc2[nH]c(C(=O)O)cc(=O)c12. The minimum atomic E-state index is -1.24. The third-order valence-corrected chi connectivity index (χ3v) is 2.49. The van der Waals surface area contributed by atoms with Crippen molar-refractivity contribution in [1.29, 1.82) is 0 Å². The summed E-state index contributed by atoms with van der Waals surface area (Å²) in [5, 5.41) is 8.95. The van der Waals surface area contributed by atoms with Crippen molar-refractivity contribution in [3.63, 3.8) is 0 Å². The first-order chi connectivity index (χ1) is 8.54. The number of nitrogens with one attached hydrogen (secondary N) is 1. The summed E-state index contributed by atoms with van der Waals surface area (Å²) in [4.78, 5) is 36.8. The van der Waals surface area contributed by atoms with Gasteiger partial charge in [0.05, 0.1) is 23.6 Å². The maximum Gasteiger partial charge on any atom is 0.352 e. The number of hydrogen-bond acceptors (Lipinski definition) is 4. The van der Waals surface area contributed by atoms with Crippen LogP contribution in [-0.2, 0) is 4.74 Å². The quantitative estimate of drug-likeness (QED) is 0.772. The number of H-pyrrole nitrogens is 1. The normalized spacial score (nSPS) is 10.3. The Kier molecular flexibility index (Phi) is 2.85. The highest BCUT2D eigenvalue weighted by Crippen LogP contribution is 2.14. The fourth-order valence-corrected chi connectivity index (χ4v) is 1.70. The lowest BCUT2D eigenvalue weighted by Gasteiger charge is -2.05. The van der Waals surface area contributed by atoms with Crippen molar-refractivity contribution in [1.82, 2.24) is 4.98 Å². The van der Waals surface area contributed by atoms with E-state index in [1.54, 1.807) is 0 Å². The molecule has 1 heterocycles. The molecule has 0 bridgehead atoms. The van der Waals surface area contributed by atoms with Crippen molar-refractivity contribution >= 4 is 22.8 Å². The molecule has 2 rings (SSSR count). The summed E-state index contributed by atoms with van der Waals surface area (Å²) in [6, 6.07) is 5.45. The van der Waals surface area contributed by atoms with Gasteiger partial charge in [-0.3, -0.25) is 4.79 Å². The zero-order chi connectivity index (χ0) is 13.3. The van der Waals surface area contributed by atoms with Crippen LogP contribution in [0.15, 0.2) is 29.1 Å². The number of carbonyl (C=O) groups excluding carboxylic acids is 1. The Hall–Kier alpha value is -2.63. The first-order valence-electron chi connectivity index (χ1n) is 5.02. The van der Waals surface area contributed by atoms with Crippen molar-refractivity contribution in [3.05, 3.63) is 45.7 Å². The molecule has 0 atom stereocenters. The Bertz CT molecular complexity index is 701. The molecule has 0 amide bonds. The largest absolute Gasteiger partial charge is 0.477 e. The number of carboxylic acids is 1. The molecule has 0 radical (unpaired) electrons. The third-order valence-electron chi connectivity index (χ3n) is 2.49. The third kappa shape index (κ3) is 1.84. The molecule has 0 saturated carbocycles. The Labute approximate surface area is 101 Å². The summed E-state index contributed by atoms with van der Waals surface area (Å²) in [5.41, 5.74) is -0.382. The minimum Gasteiger partial charge on any atom is -0.477 e. The summed E-state index contributed by atoms with van der Waals surface area (Å²) in [6.07, 6.45) is 0. The van der Waals surface area contributed by atoms with Gasteiger partial charge in [0.2, 0.25) is 0 Å². The van der Waals surface area contributed by atoms with Crippen LogP contribution < -0.4 is 5.43 Å². The zero-order valence-electron chi connectivity index (χ0n) is 9.39. The van der Waals surface area contributed by atoms with Crippen molar-refractivity contribution in [2.75, 3.05) is 7.11 Å². The standard InChI is InChI=1S/C12H9NO5/c1-18-12(17)6-3-2-4-7-10(6)9(14)5-8(13-7)11(15)16/h2-5H,1H3,(H,13,14)(H,15,16). The van der Waals surface area contributed by atoms with E-state index >= 15 is 0 Å². The van der Waals surface area contributed by atoms with E-state index in [0.717, 1.165) is 6.07 Å². The van der Waals surface area contributed by atoms with Gasteiger partial charge in [0, 0.05) is 6.07 Å². The molecule has 6 heteroatoms. The first-order valence-corrected chi connectivity index (χ1v) is 5.02. The number of aromatic nitrogens is 1. The number of benzene rings is 1. The highest BCUT2D eigenvalue weighted by molar-refractivity contribution is 6.04. The molecule has 0 aliphatic heterocycles. The maximum atomic E-state index is 11.9. The van der Waals surface area contributed by atoms with Crippen LogP contribution in [0, 0.1) is 0 Å². The molecule has 0 aliphatic carbocycles. The average molecular weight is 247 g/mol. The number of pyridine rings is 1. The van der Waals surface area contributed by atoms with E-state index in [2.05, 4.69) is 9.72 Å². The highest BCUT2D eigenvalue weighted by atomic mass is 16.5. The van der Waals surface area contributed by atoms with E-state index < -0.39 is 17.4 Å². The van der Waals surface area contributed by atoms with Gasteiger partial charge < -0.3 is 14.8 Å². The number of carboxylic acid groups (broad SMARTS) is 1. The molecule has 0 spiro atoms. The smallest absolute Gasteiger partial charge is 0.352 e. The van der Waals surface area contributed by atoms with Gasteiger partial charge >= 0.3 is 11.9 Å². The van der Waals surface area contributed by atoms with Gasteiger partial charge in [0.15, 0.2) is 5.43 Å². The summed E-state index contributed by atoms with van der Waals surface area (Å²) < 4.78 is 4.57. The fourth-order valence-electron chi connectivity index (χ4n) is 1.70. The van der Waals surface area contributed by atoms with Gasteiger partial charge in [0.1, 0.15) is 5.69 Å². The van der Waals surface area contributed by atoms with Crippen molar-refractivity contribution < 1.29 is 19.4 Å². The molecular formula is C12H9NO5. The van der Waals surface area contributed by atoms with Crippen molar-refractivity contribution in [2.24, 2.45) is 0 Å². The lowest BCUT2D eigenvalue weighted by atomic mass is 10.1. The van der Waals surface area contributed by atoms with E-state index in [0.29, 0.717) is 0 Å². The maximum absolute atomic E-state index is 11.9. The minimum absolute atomic E-state index is 0.105. The first kappa shape index (κ1) is 11.8. The number of carbonyl (C=O) groups is 2. The van der Waals surface area contributed by atoms with Crippen LogP contribution in [0.3, 0.4) is 0 Å². The van der Waals surface area contributed by atoms with Crippen LogP contribution in [-0.4, -0.2) is 29.1 Å². The zero-order valence-corrected chi connectivity index (χ0v) is 9.39. The second kappa shape index (κ2) is 4.33. The van der Waals surface area contributed by atoms with Crippen LogP contribution in [0.1, 0.15) is 20.8 Å². The molecule has 2 aromatic rings. The molecular weight excluding hydrogens is 238 g/mol. The number of aromatic carboxylic acids is 1. The predicted molar refractivity (Wildman–Crippen MR) is 62.9 cm³/mol. The van der Waals surface area contributed by atoms with Gasteiger partial charge in [-0.25, -0.2) is 9.59 Å². The van der Waals surface area contributed by atoms with Crippen molar-refractivity contribution in [3.8, 4) is 0 Å². The van der Waals surface area contributed by atoms with Crippen LogP contribution in [0.25, 0.3) is 10.9 Å². The number of methoxy groups -OCH3 is 1. The molecule has 0 fully saturated rings. The van der Waals surface area contributed by atoms with Crippen molar-refractivity contribution in [2.45, 2.75) is 0 Å². The van der Waals surface area contributed by atoms with E-state index in [1.165, 1.54) is 25.3 Å². The second-order valence-electron chi connectivity index (χ2n) is 3.57. The second-order valence-corrected chi connectivity index (χ2v) is 3.57. The topological polar surface area (TPSA) is 96.5 Å². The van der Waals surface area contributed by atoms with Gasteiger partial charge in [-0.15, -0.1) is 0 Å². The molecule has 6 nitrogen and oxygen atoms in total. The molecule has 18 heavy (non-hydrogen) atoms. The number of hydrogen-bond donors (Lipinski definition) is 2. The van der Waals surface area contributed by atoms with Crippen LogP contribution in [0.4, 0.5) is 0 Å². The Morgan fingerprint density at radius 1 is 1.33 bits per heavy atom. The van der Waals surface area contributed by atoms with Crippen LogP contribution in [0.5, 0.6) is 0 Å². The molecule has 92 valence electrons. The van der Waals surface area contributed by atoms with Crippen LogP contribution >= 0.6 is 0 Å². The summed E-state index contributed by atoms with van der Waals surface area (Å²) in [5.74, 6) is -1.88. The molecule has 0 unspecified atom stereocenters. The van der Waals surface area contributed by atoms with Gasteiger partial charge in [-0.1, -0.05) is 6.07 Å². The highest BCUT2D eigenvalue weighted by Gasteiger charge is 2.15. The van der Waals surface area contributed by atoms with E-state index in [1.807, 2.05) is 0 Å². The summed E-state index contributed by atoms with van der Waals surface area (Å²) in [6.45, 7) is 0. The van der Waals surface area contributed by atoms with E-state index in [4.69, 9.17) is 5.11 Å². The van der Waals surface area contributed by atoms with E-state index in [-0.39, 0.29) is 22.2 Å². The molecule has 0 aliphatic rings. The summed E-state index contributed by atoms with van der Waals surface area (Å²) >= 11 is 0. The predicted octanol–water partition coefficient (Wildman–Crippen LogP) is 1.01. The van der Waals surface area contributed by atoms with E-state index in [9.17, 15) is 14.4 Å². The summed E-state index contributed by atoms with van der Waals surface area (Å²) in [7, 11) is 1.21. The Balaban J connectivity index is 2.83. The number of ether oxygens (including phenoxy) is 1. The molecule has 1 aromatic carbocycles. The lowest BCUT2D eigenvalue weighted by Crippen LogP contribution is -2.13. The lowest BCUT2D eigenvalue weighted by molar-refractivity contribution is 0.0602. The number of fused-ring (bicyclic) bond motifs is 1. The Morgan fingerprint density at radius 3 is 2.67 bits per heavy atom. The van der Waals surface area contributed by atoms with Gasteiger partial charge in [0.25, 0.3) is 0 Å². The van der Waals surface area contributed by atoms with Gasteiger partial charge in [-0.05, 0) is 12.1 Å². The number of rotatable bonds is 2. The molecule has 1 aromatic heterocycles. The van der Waals surface area contributed by atoms with Gasteiger partial charge in [-0.2, -0.15) is 0 Å². The van der Waals surface area contributed by atoms with Crippen LogP contribution in [0.2, 0.25) is 0 Å². The number of aromatic amines is 1. The Morgan fingerprint density at radius 2 is 2.06 bits per heavy atom. The fraction of sp³-hybridized carbons (Fsp3) is 0.0833. The molecule has 0 saturated heterocycles. The number of esters is 1. The molecule has 2 N–H and O–H groups in total. The average Bonchev–Trinajstić information content (AvgIpc) is 2.36. The monoisotopic (exact) mass is 247 g/mol.